The predicted molar refractivity (Wildman–Crippen MR) is 91.9 cm³/mol. The zero-order chi connectivity index (χ0) is 16.1. The minimum absolute atomic E-state index is 0.184. The molecule has 3 fully saturated rings. The van der Waals surface area contributed by atoms with Gasteiger partial charge < -0.3 is 19.7 Å². The molecule has 1 aliphatic carbocycles. The number of nitrogens with zero attached hydrogens (tertiary/aromatic N) is 3. The van der Waals surface area contributed by atoms with E-state index >= 15 is 0 Å². The maximum absolute atomic E-state index is 5.93. The lowest BCUT2D eigenvalue weighted by Crippen LogP contribution is -2.54. The Kier molecular flexibility index (Phi) is 6.14. The molecule has 2 saturated heterocycles. The van der Waals surface area contributed by atoms with Crippen LogP contribution < -0.4 is 5.32 Å². The van der Waals surface area contributed by atoms with Crippen LogP contribution in [0.25, 0.3) is 0 Å². The smallest absolute Gasteiger partial charge is 0.193 e. The Labute approximate surface area is 140 Å². The topological polar surface area (TPSA) is 49.3 Å². The molecule has 0 aromatic rings. The molecule has 0 bridgehead atoms. The van der Waals surface area contributed by atoms with Crippen LogP contribution >= 0.6 is 0 Å². The molecule has 6 nitrogen and oxygen atoms in total. The Morgan fingerprint density at radius 1 is 1.22 bits per heavy atom. The van der Waals surface area contributed by atoms with E-state index in [4.69, 9.17) is 9.47 Å². The van der Waals surface area contributed by atoms with Crippen molar-refractivity contribution in [2.24, 2.45) is 4.99 Å². The molecule has 2 unspecified atom stereocenters. The largest absolute Gasteiger partial charge is 0.375 e. The van der Waals surface area contributed by atoms with Gasteiger partial charge in [-0.25, -0.2) is 0 Å². The van der Waals surface area contributed by atoms with E-state index in [1.54, 1.807) is 0 Å². The first-order valence-electron chi connectivity index (χ1n) is 9.24. The maximum Gasteiger partial charge on any atom is 0.193 e. The Morgan fingerprint density at radius 2 is 2.04 bits per heavy atom. The van der Waals surface area contributed by atoms with Crippen molar-refractivity contribution in [3.8, 4) is 0 Å². The summed E-state index contributed by atoms with van der Waals surface area (Å²) in [5.41, 5.74) is 0. The van der Waals surface area contributed by atoms with Crippen molar-refractivity contribution in [2.45, 2.75) is 50.9 Å². The molecule has 6 heteroatoms. The van der Waals surface area contributed by atoms with E-state index in [-0.39, 0.29) is 12.2 Å². The fourth-order valence-electron chi connectivity index (χ4n) is 3.67. The third-order valence-electron chi connectivity index (χ3n) is 5.14. The minimum Gasteiger partial charge on any atom is -0.375 e. The molecule has 132 valence electrons. The average Bonchev–Trinajstić information content (AvgIpc) is 3.28. The molecule has 0 aromatic carbocycles. The fourth-order valence-corrected chi connectivity index (χ4v) is 3.67. The number of hydrogen-bond acceptors (Lipinski definition) is 4. The van der Waals surface area contributed by atoms with E-state index in [9.17, 15) is 0 Å². The van der Waals surface area contributed by atoms with Crippen LogP contribution in [0.5, 0.6) is 0 Å². The van der Waals surface area contributed by atoms with Crippen molar-refractivity contribution < 1.29 is 9.47 Å². The van der Waals surface area contributed by atoms with Gasteiger partial charge in [-0.3, -0.25) is 9.89 Å². The van der Waals surface area contributed by atoms with Crippen molar-refractivity contribution in [3.05, 3.63) is 0 Å². The highest BCUT2D eigenvalue weighted by Gasteiger charge is 2.32. The summed E-state index contributed by atoms with van der Waals surface area (Å²) in [5, 5.41) is 3.54. The number of aliphatic imine (C=N–C) groups is 1. The quantitative estimate of drug-likeness (QED) is 0.582. The lowest BCUT2D eigenvalue weighted by molar-refractivity contribution is -0.0817. The highest BCUT2D eigenvalue weighted by molar-refractivity contribution is 5.80. The van der Waals surface area contributed by atoms with Gasteiger partial charge in [-0.05, 0) is 32.2 Å². The van der Waals surface area contributed by atoms with Gasteiger partial charge in [0.05, 0.1) is 12.7 Å². The molecule has 0 radical (unpaired) electrons. The van der Waals surface area contributed by atoms with E-state index in [0.717, 1.165) is 70.8 Å². The molecule has 23 heavy (non-hydrogen) atoms. The highest BCUT2D eigenvalue weighted by atomic mass is 16.5. The number of nitrogens with one attached hydrogen (secondary N) is 1. The van der Waals surface area contributed by atoms with Crippen molar-refractivity contribution in [2.75, 3.05) is 53.0 Å². The molecule has 0 aromatic heterocycles. The van der Waals surface area contributed by atoms with Gasteiger partial charge in [0.2, 0.25) is 0 Å². The van der Waals surface area contributed by atoms with Crippen molar-refractivity contribution in [1.82, 2.24) is 15.1 Å². The monoisotopic (exact) mass is 324 g/mol. The number of rotatable bonds is 6. The molecule has 0 amide bonds. The van der Waals surface area contributed by atoms with Gasteiger partial charge in [0.15, 0.2) is 5.96 Å². The highest BCUT2D eigenvalue weighted by Crippen LogP contribution is 2.25. The minimum atomic E-state index is 0.184. The summed E-state index contributed by atoms with van der Waals surface area (Å²) in [6.45, 7) is 8.87. The molecule has 3 rings (SSSR count). The van der Waals surface area contributed by atoms with Gasteiger partial charge in [-0.1, -0.05) is 6.92 Å². The molecule has 3 aliphatic rings. The zero-order valence-corrected chi connectivity index (χ0v) is 14.7. The third kappa shape index (κ3) is 4.58. The van der Waals surface area contributed by atoms with E-state index < -0.39 is 0 Å². The van der Waals surface area contributed by atoms with Gasteiger partial charge in [0.25, 0.3) is 0 Å². The van der Waals surface area contributed by atoms with Crippen LogP contribution in [0.1, 0.15) is 32.6 Å². The van der Waals surface area contributed by atoms with Gasteiger partial charge in [0, 0.05) is 45.9 Å². The second-order valence-corrected chi connectivity index (χ2v) is 6.74. The summed E-state index contributed by atoms with van der Waals surface area (Å²) in [6.07, 6.45) is 5.47. The lowest BCUT2D eigenvalue weighted by Gasteiger charge is -2.37. The SMILES string of the molecule is CCN(CCNC(=NC)N1CCOC(C2CCCO2)C1)C1CC1. The molecule has 0 spiro atoms. The van der Waals surface area contributed by atoms with E-state index in [2.05, 4.69) is 27.0 Å². The molecular weight excluding hydrogens is 292 g/mol. The summed E-state index contributed by atoms with van der Waals surface area (Å²) >= 11 is 0. The van der Waals surface area contributed by atoms with Crippen LogP contribution in [0.2, 0.25) is 0 Å². The second kappa shape index (κ2) is 8.31. The van der Waals surface area contributed by atoms with Crippen LogP contribution in [0.3, 0.4) is 0 Å². The van der Waals surface area contributed by atoms with E-state index in [1.807, 2.05) is 7.05 Å². The molecule has 1 saturated carbocycles. The summed E-state index contributed by atoms with van der Waals surface area (Å²) in [5.74, 6) is 1.00. The molecular formula is C17H32N4O2. The first-order chi connectivity index (χ1) is 11.3. The van der Waals surface area contributed by atoms with Crippen LogP contribution in [-0.2, 0) is 9.47 Å². The zero-order valence-electron chi connectivity index (χ0n) is 14.7. The van der Waals surface area contributed by atoms with Crippen LogP contribution in [0.4, 0.5) is 0 Å². The third-order valence-corrected chi connectivity index (χ3v) is 5.14. The maximum atomic E-state index is 5.93. The first kappa shape index (κ1) is 17.0. The molecule has 2 heterocycles. The summed E-state index contributed by atoms with van der Waals surface area (Å²) < 4.78 is 11.7. The summed E-state index contributed by atoms with van der Waals surface area (Å²) in [6, 6.07) is 0.830. The van der Waals surface area contributed by atoms with Gasteiger partial charge in [-0.15, -0.1) is 0 Å². The van der Waals surface area contributed by atoms with Gasteiger partial charge in [0.1, 0.15) is 6.10 Å². The van der Waals surface area contributed by atoms with E-state index in [1.165, 1.54) is 12.8 Å². The van der Waals surface area contributed by atoms with Crippen molar-refractivity contribution in [1.29, 1.82) is 0 Å². The number of morpholine rings is 1. The van der Waals surface area contributed by atoms with E-state index in [0.29, 0.717) is 0 Å². The number of likely N-dealkylation sites (N-methyl/N-ethyl adjacent to an activating group) is 1. The average molecular weight is 324 g/mol. The molecule has 2 aliphatic heterocycles. The predicted octanol–water partition coefficient (Wildman–Crippen LogP) is 0.926. The standard InChI is InChI=1S/C17H32N4O2/c1-3-20(14-6-7-14)9-8-19-17(18-2)21-10-12-23-16(13-21)15-5-4-11-22-15/h14-16H,3-13H2,1-2H3,(H,18,19). The number of guanidine groups is 1. The van der Waals surface area contributed by atoms with Crippen LogP contribution in [-0.4, -0.2) is 87.0 Å². The Morgan fingerprint density at radius 3 is 2.70 bits per heavy atom. The fraction of sp³-hybridized carbons (Fsp3) is 0.941. The van der Waals surface area contributed by atoms with Gasteiger partial charge in [-0.2, -0.15) is 0 Å². The van der Waals surface area contributed by atoms with Crippen LogP contribution in [0, 0.1) is 0 Å². The van der Waals surface area contributed by atoms with Crippen molar-refractivity contribution in [3.63, 3.8) is 0 Å². The normalized spacial score (nSPS) is 29.3. The van der Waals surface area contributed by atoms with Crippen LogP contribution in [0.15, 0.2) is 4.99 Å². The summed E-state index contributed by atoms with van der Waals surface area (Å²) in [7, 11) is 1.87. The van der Waals surface area contributed by atoms with Crippen molar-refractivity contribution >= 4 is 5.96 Å². The number of hydrogen-bond donors (Lipinski definition) is 1. The molecule has 2 atom stereocenters. The Hall–Kier alpha value is -0.850. The number of ether oxygens (including phenoxy) is 2. The molecule has 1 N–H and O–H groups in total. The first-order valence-corrected chi connectivity index (χ1v) is 9.24. The van der Waals surface area contributed by atoms with Gasteiger partial charge >= 0.3 is 0 Å². The summed E-state index contributed by atoms with van der Waals surface area (Å²) in [4.78, 5) is 9.36. The lowest BCUT2D eigenvalue weighted by atomic mass is 10.1. The second-order valence-electron chi connectivity index (χ2n) is 6.74. The Balaban J connectivity index is 1.45. The Bertz CT molecular complexity index is 394.